The maximum Gasteiger partial charge on any atom is 0.274 e. The number of amides is 1. The summed E-state index contributed by atoms with van der Waals surface area (Å²) in [6.07, 6.45) is 5.84. The van der Waals surface area contributed by atoms with Crippen molar-refractivity contribution in [3.8, 4) is 0 Å². The van der Waals surface area contributed by atoms with E-state index in [-0.39, 0.29) is 23.2 Å². The van der Waals surface area contributed by atoms with Crippen molar-refractivity contribution < 1.29 is 14.6 Å². The second-order valence-corrected chi connectivity index (χ2v) is 7.64. The van der Waals surface area contributed by atoms with Gasteiger partial charge in [-0.3, -0.25) is 29.9 Å². The van der Waals surface area contributed by atoms with Gasteiger partial charge in [0.1, 0.15) is 6.34 Å². The van der Waals surface area contributed by atoms with E-state index >= 15 is 0 Å². The lowest BCUT2D eigenvalue weighted by Gasteiger charge is -2.27. The molecule has 0 bridgehead atoms. The largest absolute Gasteiger partial charge is 0.274 e. The summed E-state index contributed by atoms with van der Waals surface area (Å²) in [6.45, 7) is 3.19. The van der Waals surface area contributed by atoms with Crippen LogP contribution in [0.1, 0.15) is 43.2 Å². The molecule has 0 aliphatic heterocycles. The quantitative estimate of drug-likeness (QED) is 0.266. The molecule has 0 N–H and O–H groups in total. The Kier molecular flexibility index (Phi) is 6.74. The van der Waals surface area contributed by atoms with E-state index in [0.29, 0.717) is 22.5 Å². The average molecular weight is 424 g/mol. The summed E-state index contributed by atoms with van der Waals surface area (Å²) in [5.74, 6) is -0.361. The zero-order valence-corrected chi connectivity index (χ0v) is 17.5. The van der Waals surface area contributed by atoms with Crippen molar-refractivity contribution in [2.75, 3.05) is 4.90 Å². The smallest absolute Gasteiger partial charge is 0.274 e. The summed E-state index contributed by atoms with van der Waals surface area (Å²) in [7, 11) is 0. The van der Waals surface area contributed by atoms with E-state index in [4.69, 9.17) is 0 Å². The third-order valence-corrected chi connectivity index (χ3v) is 5.71. The van der Waals surface area contributed by atoms with Gasteiger partial charge >= 0.3 is 0 Å². The molecule has 3 rings (SSSR count). The van der Waals surface area contributed by atoms with Crippen LogP contribution >= 0.6 is 0 Å². The summed E-state index contributed by atoms with van der Waals surface area (Å²) >= 11 is 0. The molecule has 31 heavy (non-hydrogen) atoms. The highest BCUT2D eigenvalue weighted by Gasteiger charge is 2.28. The fourth-order valence-corrected chi connectivity index (χ4v) is 3.92. The van der Waals surface area contributed by atoms with Crippen LogP contribution in [0.25, 0.3) is 0 Å². The maximum absolute atomic E-state index is 13.4. The standard InChI is InChI=1S/C22H24N4O5/c1-15-18(10-6-12-20(15)25(28)29)23-14-24(22(27)17-8-4-3-5-9-17)19-11-7-13-21(16(19)2)26(30)31/h6-7,10-14,17H,3-5,8-9H2,1-2H3. The number of aliphatic imine (C=N–C) groups is 1. The lowest BCUT2D eigenvalue weighted by Crippen LogP contribution is -2.36. The Balaban J connectivity index is 2.05. The number of benzene rings is 2. The first-order chi connectivity index (χ1) is 14.8. The number of nitro groups is 2. The van der Waals surface area contributed by atoms with Crippen molar-refractivity contribution in [3.05, 3.63) is 67.8 Å². The minimum Gasteiger partial charge on any atom is -0.274 e. The Morgan fingerprint density at radius 1 is 0.968 bits per heavy atom. The second-order valence-electron chi connectivity index (χ2n) is 7.64. The predicted molar refractivity (Wildman–Crippen MR) is 118 cm³/mol. The van der Waals surface area contributed by atoms with Crippen molar-refractivity contribution >= 4 is 35.0 Å². The van der Waals surface area contributed by atoms with Crippen molar-refractivity contribution in [2.24, 2.45) is 10.9 Å². The highest BCUT2D eigenvalue weighted by Crippen LogP contribution is 2.33. The molecule has 0 unspecified atom stereocenters. The molecule has 162 valence electrons. The van der Waals surface area contributed by atoms with E-state index in [1.165, 1.54) is 35.5 Å². The van der Waals surface area contributed by atoms with Crippen LogP contribution in [0.3, 0.4) is 0 Å². The van der Waals surface area contributed by atoms with E-state index in [9.17, 15) is 25.0 Å². The number of hydrogen-bond donors (Lipinski definition) is 0. The molecule has 9 heteroatoms. The van der Waals surface area contributed by atoms with Crippen LogP contribution in [0.2, 0.25) is 0 Å². The molecule has 0 radical (unpaired) electrons. The maximum atomic E-state index is 13.4. The monoisotopic (exact) mass is 424 g/mol. The number of nitro benzene ring substituents is 2. The fourth-order valence-electron chi connectivity index (χ4n) is 3.92. The zero-order valence-electron chi connectivity index (χ0n) is 17.5. The number of nitrogens with zero attached hydrogens (tertiary/aromatic N) is 4. The average Bonchev–Trinajstić information content (AvgIpc) is 2.75. The van der Waals surface area contributed by atoms with Crippen LogP contribution in [0.4, 0.5) is 22.7 Å². The van der Waals surface area contributed by atoms with Gasteiger partial charge in [-0.1, -0.05) is 31.4 Å². The molecule has 9 nitrogen and oxygen atoms in total. The third-order valence-electron chi connectivity index (χ3n) is 5.71. The van der Waals surface area contributed by atoms with Crippen LogP contribution in [0, 0.1) is 40.0 Å². The van der Waals surface area contributed by atoms with Gasteiger partial charge in [-0.05, 0) is 38.8 Å². The Morgan fingerprint density at radius 3 is 2.16 bits per heavy atom. The number of carbonyl (C=O) groups is 1. The summed E-state index contributed by atoms with van der Waals surface area (Å²) < 4.78 is 0. The van der Waals surface area contributed by atoms with Crippen LogP contribution in [-0.2, 0) is 4.79 Å². The third kappa shape index (κ3) is 4.76. The first-order valence-electron chi connectivity index (χ1n) is 10.2. The van der Waals surface area contributed by atoms with E-state index in [1.807, 2.05) is 0 Å². The topological polar surface area (TPSA) is 119 Å². The van der Waals surface area contributed by atoms with Gasteiger partial charge in [0, 0.05) is 18.1 Å². The van der Waals surface area contributed by atoms with Crippen LogP contribution in [-0.4, -0.2) is 22.1 Å². The van der Waals surface area contributed by atoms with E-state index < -0.39 is 9.85 Å². The number of rotatable bonds is 6. The van der Waals surface area contributed by atoms with Crippen molar-refractivity contribution in [1.82, 2.24) is 0 Å². The molecule has 1 saturated carbocycles. The summed E-state index contributed by atoms with van der Waals surface area (Å²) in [5.41, 5.74) is 1.34. The molecule has 1 aliphatic rings. The van der Waals surface area contributed by atoms with Crippen molar-refractivity contribution in [3.63, 3.8) is 0 Å². The van der Waals surface area contributed by atoms with Gasteiger partial charge in [-0.25, -0.2) is 4.99 Å². The molecule has 0 heterocycles. The fraction of sp³-hybridized carbons (Fsp3) is 0.364. The highest BCUT2D eigenvalue weighted by molar-refractivity contribution is 6.10. The number of anilines is 1. The van der Waals surface area contributed by atoms with Gasteiger partial charge in [-0.2, -0.15) is 0 Å². The molecule has 1 amide bonds. The molecular weight excluding hydrogens is 400 g/mol. The Labute approximate surface area is 179 Å². The highest BCUT2D eigenvalue weighted by atomic mass is 16.6. The second kappa shape index (κ2) is 9.46. The molecule has 0 aromatic heterocycles. The molecular formula is C22H24N4O5. The van der Waals surface area contributed by atoms with Crippen molar-refractivity contribution in [1.29, 1.82) is 0 Å². The number of carbonyl (C=O) groups excluding carboxylic acids is 1. The van der Waals surface area contributed by atoms with Gasteiger partial charge in [0.25, 0.3) is 11.4 Å². The first-order valence-corrected chi connectivity index (χ1v) is 10.2. The summed E-state index contributed by atoms with van der Waals surface area (Å²) in [5, 5.41) is 22.6. The van der Waals surface area contributed by atoms with Crippen LogP contribution in [0.15, 0.2) is 41.4 Å². The van der Waals surface area contributed by atoms with Gasteiger partial charge in [0.15, 0.2) is 0 Å². The van der Waals surface area contributed by atoms with E-state index in [2.05, 4.69) is 4.99 Å². The van der Waals surface area contributed by atoms with Gasteiger partial charge in [0.05, 0.1) is 32.3 Å². The Morgan fingerprint density at radius 2 is 1.55 bits per heavy atom. The zero-order chi connectivity index (χ0) is 22.5. The van der Waals surface area contributed by atoms with Crippen molar-refractivity contribution in [2.45, 2.75) is 46.0 Å². The van der Waals surface area contributed by atoms with Gasteiger partial charge in [0.2, 0.25) is 5.91 Å². The minimum atomic E-state index is -0.482. The molecule has 1 aliphatic carbocycles. The molecule has 2 aromatic rings. The summed E-state index contributed by atoms with van der Waals surface area (Å²) in [6, 6.07) is 9.13. The number of hydrogen-bond acceptors (Lipinski definition) is 6. The van der Waals surface area contributed by atoms with Gasteiger partial charge < -0.3 is 0 Å². The minimum absolute atomic E-state index is 0.0636. The molecule has 1 fully saturated rings. The lowest BCUT2D eigenvalue weighted by atomic mass is 9.88. The van der Waals surface area contributed by atoms with Crippen LogP contribution in [0.5, 0.6) is 0 Å². The van der Waals surface area contributed by atoms with Crippen LogP contribution < -0.4 is 4.90 Å². The van der Waals surface area contributed by atoms with E-state index in [0.717, 1.165) is 32.1 Å². The molecule has 2 aromatic carbocycles. The first kappa shape index (κ1) is 22.1. The Bertz CT molecular complexity index is 1040. The molecule has 0 atom stereocenters. The predicted octanol–water partition coefficient (Wildman–Crippen LogP) is 5.39. The lowest BCUT2D eigenvalue weighted by molar-refractivity contribution is -0.385. The summed E-state index contributed by atoms with van der Waals surface area (Å²) in [4.78, 5) is 40.7. The Hall–Kier alpha value is -3.62. The normalized spacial score (nSPS) is 14.5. The molecule has 0 spiro atoms. The SMILES string of the molecule is Cc1c(N=CN(C(=O)C2CCCCC2)c2cccc([N+](=O)[O-])c2C)cccc1[N+](=O)[O-]. The molecule has 0 saturated heterocycles. The van der Waals surface area contributed by atoms with E-state index in [1.54, 1.807) is 26.0 Å². The van der Waals surface area contributed by atoms with Gasteiger partial charge in [-0.15, -0.1) is 0 Å².